The summed E-state index contributed by atoms with van der Waals surface area (Å²) < 4.78 is 6.69. The SMILES string of the molecule is Cn1cc(C(C)(C=O)NC(=O)OC(C)(C)C)cn1. The summed E-state index contributed by atoms with van der Waals surface area (Å²) in [6, 6.07) is 0. The first-order valence-corrected chi connectivity index (χ1v) is 5.63. The summed E-state index contributed by atoms with van der Waals surface area (Å²) in [4.78, 5) is 22.9. The minimum Gasteiger partial charge on any atom is -0.444 e. The first-order chi connectivity index (χ1) is 8.16. The number of hydrogen-bond donors (Lipinski definition) is 1. The number of carbonyl (C=O) groups is 2. The Morgan fingerprint density at radius 2 is 2.06 bits per heavy atom. The van der Waals surface area contributed by atoms with Gasteiger partial charge >= 0.3 is 6.09 Å². The average molecular weight is 253 g/mol. The van der Waals surface area contributed by atoms with Gasteiger partial charge < -0.3 is 14.8 Å². The molecule has 0 aromatic carbocycles. The number of nitrogens with zero attached hydrogens (tertiary/aromatic N) is 2. The third kappa shape index (κ3) is 3.58. The van der Waals surface area contributed by atoms with E-state index >= 15 is 0 Å². The van der Waals surface area contributed by atoms with E-state index in [1.807, 2.05) is 0 Å². The van der Waals surface area contributed by atoms with Crippen LogP contribution in [0.3, 0.4) is 0 Å². The van der Waals surface area contributed by atoms with Crippen molar-refractivity contribution >= 4 is 12.4 Å². The molecule has 0 aliphatic heterocycles. The van der Waals surface area contributed by atoms with Crippen LogP contribution in [0, 0.1) is 0 Å². The van der Waals surface area contributed by atoms with Crippen LogP contribution in [0.15, 0.2) is 12.4 Å². The Bertz CT molecular complexity index is 448. The van der Waals surface area contributed by atoms with E-state index in [2.05, 4.69) is 10.4 Å². The van der Waals surface area contributed by atoms with Crippen molar-refractivity contribution in [2.75, 3.05) is 0 Å². The van der Waals surface area contributed by atoms with Crippen molar-refractivity contribution in [3.63, 3.8) is 0 Å². The fraction of sp³-hybridized carbons (Fsp3) is 0.583. The van der Waals surface area contributed by atoms with E-state index in [1.165, 1.54) is 6.20 Å². The zero-order valence-electron chi connectivity index (χ0n) is 11.4. The monoisotopic (exact) mass is 253 g/mol. The van der Waals surface area contributed by atoms with Crippen molar-refractivity contribution < 1.29 is 14.3 Å². The molecule has 18 heavy (non-hydrogen) atoms. The number of aryl methyl sites for hydroxylation is 1. The first-order valence-electron chi connectivity index (χ1n) is 5.63. The highest BCUT2D eigenvalue weighted by molar-refractivity contribution is 5.77. The Morgan fingerprint density at radius 1 is 1.44 bits per heavy atom. The lowest BCUT2D eigenvalue weighted by atomic mass is 9.97. The Hall–Kier alpha value is -1.85. The number of rotatable bonds is 3. The van der Waals surface area contributed by atoms with Gasteiger partial charge in [-0.05, 0) is 27.7 Å². The topological polar surface area (TPSA) is 73.2 Å². The van der Waals surface area contributed by atoms with Gasteiger partial charge in [0.25, 0.3) is 0 Å². The van der Waals surface area contributed by atoms with Gasteiger partial charge in [0.1, 0.15) is 17.4 Å². The van der Waals surface area contributed by atoms with Gasteiger partial charge in [-0.15, -0.1) is 0 Å². The van der Waals surface area contributed by atoms with Crippen molar-refractivity contribution in [2.24, 2.45) is 7.05 Å². The molecule has 1 amide bonds. The van der Waals surface area contributed by atoms with Crippen LogP contribution in [-0.4, -0.2) is 27.8 Å². The van der Waals surface area contributed by atoms with Gasteiger partial charge in [-0.3, -0.25) is 4.68 Å². The van der Waals surface area contributed by atoms with Crippen LogP contribution >= 0.6 is 0 Å². The third-order valence-corrected chi connectivity index (χ3v) is 2.30. The van der Waals surface area contributed by atoms with Gasteiger partial charge in [0, 0.05) is 18.8 Å². The smallest absolute Gasteiger partial charge is 0.408 e. The number of carbonyl (C=O) groups excluding carboxylic acids is 2. The summed E-state index contributed by atoms with van der Waals surface area (Å²) in [6.45, 7) is 6.87. The molecule has 0 radical (unpaired) electrons. The Morgan fingerprint density at radius 3 is 2.44 bits per heavy atom. The van der Waals surface area contributed by atoms with E-state index in [-0.39, 0.29) is 0 Å². The molecule has 6 nitrogen and oxygen atoms in total. The molecule has 1 aromatic heterocycles. The molecule has 6 heteroatoms. The Labute approximate surface area is 106 Å². The molecule has 0 aliphatic rings. The lowest BCUT2D eigenvalue weighted by molar-refractivity contribution is -0.113. The molecular weight excluding hydrogens is 234 g/mol. The number of hydrogen-bond acceptors (Lipinski definition) is 4. The number of nitrogens with one attached hydrogen (secondary N) is 1. The molecule has 0 saturated heterocycles. The van der Waals surface area contributed by atoms with E-state index in [0.29, 0.717) is 11.8 Å². The number of aromatic nitrogens is 2. The molecule has 1 N–H and O–H groups in total. The van der Waals surface area contributed by atoms with Gasteiger partial charge in [0.05, 0.1) is 6.20 Å². The van der Waals surface area contributed by atoms with Crippen molar-refractivity contribution in [2.45, 2.75) is 38.8 Å². The van der Waals surface area contributed by atoms with Crippen LogP contribution in [0.2, 0.25) is 0 Å². The minimum atomic E-state index is -1.14. The highest BCUT2D eigenvalue weighted by Gasteiger charge is 2.31. The Kier molecular flexibility index (Phi) is 3.79. The van der Waals surface area contributed by atoms with Gasteiger partial charge in [-0.25, -0.2) is 4.79 Å². The summed E-state index contributed by atoms with van der Waals surface area (Å²) in [5, 5.41) is 6.52. The number of ether oxygens (including phenoxy) is 1. The van der Waals surface area contributed by atoms with Crippen molar-refractivity contribution in [1.29, 1.82) is 0 Å². The summed E-state index contributed by atoms with van der Waals surface area (Å²) in [7, 11) is 1.74. The predicted octanol–water partition coefficient (Wildman–Crippen LogP) is 1.36. The highest BCUT2D eigenvalue weighted by atomic mass is 16.6. The molecule has 0 bridgehead atoms. The Balaban J connectivity index is 2.84. The molecule has 1 aromatic rings. The molecular formula is C12H19N3O3. The fourth-order valence-electron chi connectivity index (χ4n) is 1.37. The van der Waals surface area contributed by atoms with Crippen molar-refractivity contribution in [1.82, 2.24) is 15.1 Å². The summed E-state index contributed by atoms with van der Waals surface area (Å²) in [5.74, 6) is 0. The zero-order chi connectivity index (χ0) is 14.0. The summed E-state index contributed by atoms with van der Waals surface area (Å²) >= 11 is 0. The van der Waals surface area contributed by atoms with Crippen LogP contribution < -0.4 is 5.32 Å². The lowest BCUT2D eigenvalue weighted by Crippen LogP contribution is -2.46. The van der Waals surface area contributed by atoms with E-state index in [1.54, 1.807) is 45.6 Å². The van der Waals surface area contributed by atoms with Crippen LogP contribution in [0.1, 0.15) is 33.3 Å². The first kappa shape index (κ1) is 14.2. The van der Waals surface area contributed by atoms with Crippen LogP contribution in [0.5, 0.6) is 0 Å². The predicted molar refractivity (Wildman–Crippen MR) is 66.0 cm³/mol. The lowest BCUT2D eigenvalue weighted by Gasteiger charge is -2.26. The molecule has 100 valence electrons. The van der Waals surface area contributed by atoms with Crippen molar-refractivity contribution in [3.05, 3.63) is 18.0 Å². The summed E-state index contributed by atoms with van der Waals surface area (Å²) in [5.41, 5.74) is -1.15. The third-order valence-electron chi connectivity index (χ3n) is 2.30. The molecule has 0 spiro atoms. The van der Waals surface area contributed by atoms with E-state index < -0.39 is 17.2 Å². The van der Waals surface area contributed by atoms with Gasteiger partial charge in [-0.1, -0.05) is 0 Å². The van der Waals surface area contributed by atoms with Gasteiger partial charge in [-0.2, -0.15) is 5.10 Å². The average Bonchev–Trinajstić information content (AvgIpc) is 2.62. The molecule has 0 fully saturated rings. The van der Waals surface area contributed by atoms with Crippen molar-refractivity contribution in [3.8, 4) is 0 Å². The van der Waals surface area contributed by atoms with Crippen LogP contribution in [-0.2, 0) is 22.1 Å². The largest absolute Gasteiger partial charge is 0.444 e. The van der Waals surface area contributed by atoms with E-state index in [4.69, 9.17) is 4.74 Å². The quantitative estimate of drug-likeness (QED) is 0.825. The maximum absolute atomic E-state index is 11.7. The molecule has 0 saturated carbocycles. The maximum Gasteiger partial charge on any atom is 0.408 e. The van der Waals surface area contributed by atoms with Crippen LogP contribution in [0.4, 0.5) is 4.79 Å². The van der Waals surface area contributed by atoms with Gasteiger partial charge in [0.2, 0.25) is 0 Å². The number of aldehydes is 1. The van der Waals surface area contributed by atoms with E-state index in [0.717, 1.165) is 0 Å². The highest BCUT2D eigenvalue weighted by Crippen LogP contribution is 2.18. The molecule has 1 unspecified atom stereocenters. The minimum absolute atomic E-state index is 0.603. The maximum atomic E-state index is 11.7. The van der Waals surface area contributed by atoms with Gasteiger partial charge in [0.15, 0.2) is 0 Å². The normalized spacial score (nSPS) is 14.7. The standard InChI is InChI=1S/C12H19N3O3/c1-11(2,3)18-10(17)14-12(4,8-16)9-6-13-15(5)7-9/h6-8H,1-5H3,(H,14,17). The molecule has 1 atom stereocenters. The number of amides is 1. The molecule has 0 aliphatic carbocycles. The molecule has 1 heterocycles. The second-order valence-corrected chi connectivity index (χ2v) is 5.35. The van der Waals surface area contributed by atoms with E-state index in [9.17, 15) is 9.59 Å². The summed E-state index contributed by atoms with van der Waals surface area (Å²) in [6.07, 6.45) is 3.23. The second-order valence-electron chi connectivity index (χ2n) is 5.35. The van der Waals surface area contributed by atoms with Crippen LogP contribution in [0.25, 0.3) is 0 Å². The second kappa shape index (κ2) is 4.80. The zero-order valence-corrected chi connectivity index (χ0v) is 11.4. The molecule has 1 rings (SSSR count). The fourth-order valence-corrected chi connectivity index (χ4v) is 1.37. The number of alkyl carbamates (subject to hydrolysis) is 1.